The summed E-state index contributed by atoms with van der Waals surface area (Å²) in [5.41, 5.74) is 1.05. The Hall–Kier alpha value is -1.94. The molecule has 2 rings (SSSR count). The highest BCUT2D eigenvalue weighted by Gasteiger charge is 2.05. The average Bonchev–Trinajstić information content (AvgIpc) is 2.30. The molecule has 1 N–H and O–H groups in total. The van der Waals surface area contributed by atoms with Crippen LogP contribution in [0, 0.1) is 0 Å². The zero-order valence-electron chi connectivity index (χ0n) is 8.22. The standard InChI is InChI=1S/C11H8ClN3O/c12-9-2-1-3-10(4-9)15-11(16)8-5-13-7-14-6-8/h1-7H,(H,15,16). The topological polar surface area (TPSA) is 54.9 Å². The van der Waals surface area contributed by atoms with Gasteiger partial charge in [-0.15, -0.1) is 0 Å². The molecule has 1 heterocycles. The van der Waals surface area contributed by atoms with Gasteiger partial charge in [0.2, 0.25) is 0 Å². The van der Waals surface area contributed by atoms with Crippen molar-refractivity contribution in [3.05, 3.63) is 53.6 Å². The molecule has 80 valence electrons. The van der Waals surface area contributed by atoms with Gasteiger partial charge in [0, 0.05) is 23.1 Å². The fraction of sp³-hybridized carbons (Fsp3) is 0. The van der Waals surface area contributed by atoms with E-state index in [0.717, 1.165) is 0 Å². The largest absolute Gasteiger partial charge is 0.322 e. The molecule has 0 unspecified atom stereocenters. The molecule has 4 nitrogen and oxygen atoms in total. The third-order valence-corrected chi connectivity index (χ3v) is 2.14. The van der Waals surface area contributed by atoms with Gasteiger partial charge in [-0.3, -0.25) is 4.79 Å². The quantitative estimate of drug-likeness (QED) is 0.867. The number of hydrogen-bond donors (Lipinski definition) is 1. The SMILES string of the molecule is O=C(Nc1cccc(Cl)c1)c1cncnc1. The highest BCUT2D eigenvalue weighted by molar-refractivity contribution is 6.30. The van der Waals surface area contributed by atoms with Crippen LogP contribution >= 0.6 is 11.6 Å². The Morgan fingerprint density at radius 1 is 1.25 bits per heavy atom. The number of halogens is 1. The first-order valence-electron chi connectivity index (χ1n) is 4.57. The molecule has 0 radical (unpaired) electrons. The number of hydrogen-bond acceptors (Lipinski definition) is 3. The number of aromatic nitrogens is 2. The number of benzene rings is 1. The van der Waals surface area contributed by atoms with E-state index in [1.807, 2.05) is 0 Å². The second-order valence-corrected chi connectivity index (χ2v) is 3.53. The highest BCUT2D eigenvalue weighted by Crippen LogP contribution is 2.15. The third-order valence-electron chi connectivity index (χ3n) is 1.91. The minimum absolute atomic E-state index is 0.261. The van der Waals surface area contributed by atoms with Crippen LogP contribution in [-0.2, 0) is 0 Å². The maximum Gasteiger partial charge on any atom is 0.258 e. The number of anilines is 1. The van der Waals surface area contributed by atoms with E-state index in [0.29, 0.717) is 16.3 Å². The van der Waals surface area contributed by atoms with Gasteiger partial charge in [-0.2, -0.15) is 0 Å². The van der Waals surface area contributed by atoms with E-state index >= 15 is 0 Å². The van der Waals surface area contributed by atoms with Crippen LogP contribution < -0.4 is 5.32 Å². The van der Waals surface area contributed by atoms with Crippen LogP contribution in [0.3, 0.4) is 0 Å². The minimum atomic E-state index is -0.261. The molecule has 1 aromatic heterocycles. The molecule has 0 saturated carbocycles. The summed E-state index contributed by atoms with van der Waals surface area (Å²) in [7, 11) is 0. The number of carbonyl (C=O) groups is 1. The van der Waals surface area contributed by atoms with E-state index < -0.39 is 0 Å². The Kier molecular flexibility index (Phi) is 3.12. The monoisotopic (exact) mass is 233 g/mol. The molecule has 0 atom stereocenters. The summed E-state index contributed by atoms with van der Waals surface area (Å²) in [6.07, 6.45) is 4.27. The van der Waals surface area contributed by atoms with Crippen molar-refractivity contribution < 1.29 is 4.79 Å². The van der Waals surface area contributed by atoms with E-state index in [9.17, 15) is 4.79 Å². The molecule has 0 fully saturated rings. The second-order valence-electron chi connectivity index (χ2n) is 3.09. The van der Waals surface area contributed by atoms with Gasteiger partial charge in [0.1, 0.15) is 6.33 Å². The zero-order valence-corrected chi connectivity index (χ0v) is 8.98. The molecular weight excluding hydrogens is 226 g/mol. The van der Waals surface area contributed by atoms with E-state index in [2.05, 4.69) is 15.3 Å². The van der Waals surface area contributed by atoms with Gasteiger partial charge >= 0.3 is 0 Å². The van der Waals surface area contributed by atoms with Gasteiger partial charge in [0.15, 0.2) is 0 Å². The van der Waals surface area contributed by atoms with Crippen LogP contribution in [-0.4, -0.2) is 15.9 Å². The van der Waals surface area contributed by atoms with Gasteiger partial charge in [-0.1, -0.05) is 17.7 Å². The average molecular weight is 234 g/mol. The lowest BCUT2D eigenvalue weighted by Crippen LogP contribution is -2.12. The first-order chi connectivity index (χ1) is 7.75. The van der Waals surface area contributed by atoms with Crippen LogP contribution in [0.4, 0.5) is 5.69 Å². The van der Waals surface area contributed by atoms with Crippen molar-refractivity contribution in [2.24, 2.45) is 0 Å². The van der Waals surface area contributed by atoms with Gasteiger partial charge < -0.3 is 5.32 Å². The van der Waals surface area contributed by atoms with E-state index in [4.69, 9.17) is 11.6 Å². The first kappa shape index (κ1) is 10.6. The molecule has 0 aliphatic heterocycles. The van der Waals surface area contributed by atoms with Crippen molar-refractivity contribution in [2.75, 3.05) is 5.32 Å². The lowest BCUT2D eigenvalue weighted by atomic mass is 10.3. The minimum Gasteiger partial charge on any atom is -0.322 e. The summed E-state index contributed by atoms with van der Waals surface area (Å²) in [5, 5.41) is 3.27. The van der Waals surface area contributed by atoms with Gasteiger partial charge in [0.05, 0.1) is 5.56 Å². The van der Waals surface area contributed by atoms with Crippen molar-refractivity contribution in [3.8, 4) is 0 Å². The van der Waals surface area contributed by atoms with Crippen molar-refractivity contribution in [1.82, 2.24) is 9.97 Å². The van der Waals surface area contributed by atoms with Crippen LogP contribution in [0.5, 0.6) is 0 Å². The molecule has 0 spiro atoms. The molecule has 5 heteroatoms. The normalized spacial score (nSPS) is 9.81. The van der Waals surface area contributed by atoms with Crippen molar-refractivity contribution >= 4 is 23.2 Å². The number of rotatable bonds is 2. The fourth-order valence-electron chi connectivity index (χ4n) is 1.19. The van der Waals surface area contributed by atoms with Crippen LogP contribution in [0.2, 0.25) is 5.02 Å². The number of amides is 1. The summed E-state index contributed by atoms with van der Waals surface area (Å²) in [5.74, 6) is -0.261. The molecule has 0 saturated heterocycles. The second kappa shape index (κ2) is 4.72. The molecule has 1 aromatic carbocycles. The number of nitrogens with one attached hydrogen (secondary N) is 1. The number of carbonyl (C=O) groups excluding carboxylic acids is 1. The molecule has 1 amide bonds. The lowest BCUT2D eigenvalue weighted by Gasteiger charge is -2.04. The van der Waals surface area contributed by atoms with Gasteiger partial charge in [0.25, 0.3) is 5.91 Å². The number of nitrogens with zero attached hydrogens (tertiary/aromatic N) is 2. The molecule has 0 aliphatic carbocycles. The summed E-state index contributed by atoms with van der Waals surface area (Å²) >= 11 is 5.80. The molecule has 0 aliphatic rings. The molecule has 0 bridgehead atoms. The van der Waals surface area contributed by atoms with Crippen LogP contribution in [0.25, 0.3) is 0 Å². The molecule has 16 heavy (non-hydrogen) atoms. The van der Waals surface area contributed by atoms with E-state index in [-0.39, 0.29) is 5.91 Å². The molecule has 2 aromatic rings. The van der Waals surface area contributed by atoms with Gasteiger partial charge in [-0.05, 0) is 18.2 Å². The molecular formula is C11H8ClN3O. The predicted octanol–water partition coefficient (Wildman–Crippen LogP) is 2.38. The Labute approximate surface area is 97.3 Å². The Balaban J connectivity index is 2.14. The smallest absolute Gasteiger partial charge is 0.258 e. The van der Waals surface area contributed by atoms with Crippen molar-refractivity contribution in [2.45, 2.75) is 0 Å². The Morgan fingerprint density at radius 2 is 2.00 bits per heavy atom. The van der Waals surface area contributed by atoms with E-state index in [1.54, 1.807) is 24.3 Å². The summed E-state index contributed by atoms with van der Waals surface area (Å²) < 4.78 is 0. The van der Waals surface area contributed by atoms with Crippen LogP contribution in [0.15, 0.2) is 43.0 Å². The maximum absolute atomic E-state index is 11.7. The summed E-state index contributed by atoms with van der Waals surface area (Å²) in [6, 6.07) is 6.93. The Bertz CT molecular complexity index is 502. The van der Waals surface area contributed by atoms with Crippen molar-refractivity contribution in [3.63, 3.8) is 0 Å². The Morgan fingerprint density at radius 3 is 2.69 bits per heavy atom. The van der Waals surface area contributed by atoms with Gasteiger partial charge in [-0.25, -0.2) is 9.97 Å². The van der Waals surface area contributed by atoms with Crippen molar-refractivity contribution in [1.29, 1.82) is 0 Å². The summed E-state index contributed by atoms with van der Waals surface area (Å²) in [6.45, 7) is 0. The maximum atomic E-state index is 11.7. The summed E-state index contributed by atoms with van der Waals surface area (Å²) in [4.78, 5) is 19.2. The first-order valence-corrected chi connectivity index (χ1v) is 4.95. The third kappa shape index (κ3) is 2.55. The zero-order chi connectivity index (χ0) is 11.4. The highest BCUT2D eigenvalue weighted by atomic mass is 35.5. The fourth-order valence-corrected chi connectivity index (χ4v) is 1.38. The lowest BCUT2D eigenvalue weighted by molar-refractivity contribution is 0.102. The van der Waals surface area contributed by atoms with E-state index in [1.165, 1.54) is 18.7 Å². The van der Waals surface area contributed by atoms with Crippen LogP contribution in [0.1, 0.15) is 10.4 Å². The predicted molar refractivity (Wildman–Crippen MR) is 61.4 cm³/mol.